The smallest absolute Gasteiger partial charge is 0.254 e. The Balaban J connectivity index is 1.30. The van der Waals surface area contributed by atoms with Crippen molar-refractivity contribution in [3.63, 3.8) is 0 Å². The Morgan fingerprint density at radius 3 is 2.58 bits per heavy atom. The first-order valence-electron chi connectivity index (χ1n) is 12.6. The molecule has 1 amide bonds. The topological polar surface area (TPSA) is 51.0 Å². The number of carbonyl (C=O) groups is 1. The standard InChI is InChI=1S/C28H32N4O/c1-31-18-21(17-30-31)27-11-10-19(16-29-27)14-20-15-26-25(24-9-5-8-23(20)24)12-13-32(28(26)33)22-6-3-2-4-7-22/h10-11,15-18,22H,2-9,12-14H2,1H3. The van der Waals surface area contributed by atoms with Crippen molar-refractivity contribution >= 4 is 5.91 Å². The fourth-order valence-electron chi connectivity index (χ4n) is 6.28. The van der Waals surface area contributed by atoms with Crippen molar-refractivity contribution in [2.75, 3.05) is 6.54 Å². The van der Waals surface area contributed by atoms with Gasteiger partial charge in [0.2, 0.25) is 0 Å². The molecule has 1 aromatic carbocycles. The highest BCUT2D eigenvalue weighted by molar-refractivity contribution is 5.98. The molecule has 0 N–H and O–H groups in total. The van der Waals surface area contributed by atoms with Gasteiger partial charge in [-0.25, -0.2) is 0 Å². The number of aromatic nitrogens is 3. The number of amides is 1. The molecule has 0 bridgehead atoms. The van der Waals surface area contributed by atoms with E-state index in [9.17, 15) is 4.79 Å². The molecule has 0 atom stereocenters. The van der Waals surface area contributed by atoms with E-state index in [1.807, 2.05) is 25.6 Å². The van der Waals surface area contributed by atoms with Crippen LogP contribution >= 0.6 is 0 Å². The van der Waals surface area contributed by atoms with E-state index in [4.69, 9.17) is 4.98 Å². The van der Waals surface area contributed by atoms with Crippen LogP contribution < -0.4 is 0 Å². The van der Waals surface area contributed by atoms with Crippen molar-refractivity contribution in [2.45, 2.75) is 70.3 Å². The average molecular weight is 441 g/mol. The number of aryl methyl sites for hydroxylation is 1. The number of benzene rings is 1. The third-order valence-corrected chi connectivity index (χ3v) is 7.94. The lowest BCUT2D eigenvalue weighted by Crippen LogP contribution is -2.45. The molecule has 3 aliphatic rings. The van der Waals surface area contributed by atoms with Gasteiger partial charge in [-0.2, -0.15) is 5.10 Å². The second-order valence-corrected chi connectivity index (χ2v) is 10.0. The summed E-state index contributed by atoms with van der Waals surface area (Å²) in [4.78, 5) is 20.5. The van der Waals surface area contributed by atoms with Gasteiger partial charge in [-0.3, -0.25) is 14.5 Å². The van der Waals surface area contributed by atoms with Crippen LogP contribution in [-0.4, -0.2) is 38.2 Å². The maximum atomic E-state index is 13.6. The fourth-order valence-corrected chi connectivity index (χ4v) is 6.28. The van der Waals surface area contributed by atoms with E-state index >= 15 is 0 Å². The first kappa shape index (κ1) is 20.6. The van der Waals surface area contributed by atoms with Gasteiger partial charge in [-0.05, 0) is 84.9 Å². The largest absolute Gasteiger partial charge is 0.335 e. The molecule has 3 aromatic rings. The van der Waals surface area contributed by atoms with Crippen LogP contribution in [0.1, 0.15) is 76.7 Å². The normalized spacial score (nSPS) is 18.5. The lowest BCUT2D eigenvalue weighted by atomic mass is 9.85. The SMILES string of the molecule is Cn1cc(-c2ccc(Cc3cc4c(c5c3CCC5)CCN(C3CCCCC3)C4=O)cn2)cn1. The minimum Gasteiger partial charge on any atom is -0.335 e. The van der Waals surface area contributed by atoms with Crippen molar-refractivity contribution in [3.8, 4) is 11.3 Å². The summed E-state index contributed by atoms with van der Waals surface area (Å²) in [7, 11) is 1.92. The van der Waals surface area contributed by atoms with E-state index in [2.05, 4.69) is 28.2 Å². The van der Waals surface area contributed by atoms with Crippen LogP contribution in [0.4, 0.5) is 0 Å². The minimum atomic E-state index is 0.282. The van der Waals surface area contributed by atoms with Crippen molar-refractivity contribution in [2.24, 2.45) is 7.05 Å². The molecule has 3 heterocycles. The number of rotatable bonds is 4. The fraction of sp³-hybridized carbons (Fsp3) is 0.464. The zero-order chi connectivity index (χ0) is 22.4. The summed E-state index contributed by atoms with van der Waals surface area (Å²) in [5, 5.41) is 4.25. The Labute approximate surface area is 195 Å². The molecular formula is C28H32N4O. The molecule has 0 saturated heterocycles. The van der Waals surface area contributed by atoms with E-state index in [0.29, 0.717) is 6.04 Å². The highest BCUT2D eigenvalue weighted by Crippen LogP contribution is 2.37. The van der Waals surface area contributed by atoms with Gasteiger partial charge in [-0.15, -0.1) is 0 Å². The van der Waals surface area contributed by atoms with Crippen LogP contribution in [0.2, 0.25) is 0 Å². The Kier molecular flexibility index (Phi) is 5.28. The number of nitrogens with zero attached hydrogens (tertiary/aromatic N) is 4. The van der Waals surface area contributed by atoms with E-state index in [0.717, 1.165) is 49.0 Å². The molecule has 170 valence electrons. The van der Waals surface area contributed by atoms with E-state index < -0.39 is 0 Å². The second kappa shape index (κ2) is 8.44. The molecule has 5 nitrogen and oxygen atoms in total. The average Bonchev–Trinajstić information content (AvgIpc) is 3.51. The van der Waals surface area contributed by atoms with Crippen molar-refractivity contribution in [3.05, 3.63) is 70.2 Å². The first-order valence-corrected chi connectivity index (χ1v) is 12.6. The summed E-state index contributed by atoms with van der Waals surface area (Å²) < 4.78 is 1.80. The van der Waals surface area contributed by atoms with Crippen LogP contribution in [0.3, 0.4) is 0 Å². The van der Waals surface area contributed by atoms with Gasteiger partial charge in [0.15, 0.2) is 0 Å². The number of hydrogen-bond acceptors (Lipinski definition) is 3. The second-order valence-electron chi connectivity index (χ2n) is 10.0. The lowest BCUT2D eigenvalue weighted by Gasteiger charge is -2.38. The molecule has 1 fully saturated rings. The Morgan fingerprint density at radius 2 is 1.82 bits per heavy atom. The summed E-state index contributed by atoms with van der Waals surface area (Å²) in [6.45, 7) is 0.905. The van der Waals surface area contributed by atoms with Gasteiger partial charge in [-0.1, -0.05) is 25.3 Å². The van der Waals surface area contributed by atoms with E-state index in [-0.39, 0.29) is 5.91 Å². The van der Waals surface area contributed by atoms with E-state index in [1.165, 1.54) is 66.3 Å². The van der Waals surface area contributed by atoms with Crippen LogP contribution in [0, 0.1) is 0 Å². The van der Waals surface area contributed by atoms with Gasteiger partial charge < -0.3 is 4.90 Å². The van der Waals surface area contributed by atoms with Crippen molar-refractivity contribution in [1.29, 1.82) is 0 Å². The van der Waals surface area contributed by atoms with Gasteiger partial charge >= 0.3 is 0 Å². The minimum absolute atomic E-state index is 0.282. The Morgan fingerprint density at radius 1 is 0.970 bits per heavy atom. The van der Waals surface area contributed by atoms with Gasteiger partial charge in [0.05, 0.1) is 11.9 Å². The molecule has 0 radical (unpaired) electrons. The molecule has 0 unspecified atom stereocenters. The summed E-state index contributed by atoms with van der Waals surface area (Å²) in [5.74, 6) is 0.282. The molecule has 33 heavy (non-hydrogen) atoms. The van der Waals surface area contributed by atoms with Crippen molar-refractivity contribution in [1.82, 2.24) is 19.7 Å². The molecule has 5 heteroatoms. The Bertz CT molecular complexity index is 1190. The highest BCUT2D eigenvalue weighted by Gasteiger charge is 2.34. The number of hydrogen-bond donors (Lipinski definition) is 0. The number of pyridine rings is 1. The predicted molar refractivity (Wildman–Crippen MR) is 129 cm³/mol. The lowest BCUT2D eigenvalue weighted by molar-refractivity contribution is 0.0614. The maximum Gasteiger partial charge on any atom is 0.254 e. The first-order chi connectivity index (χ1) is 16.2. The zero-order valence-electron chi connectivity index (χ0n) is 19.5. The predicted octanol–water partition coefficient (Wildman–Crippen LogP) is 4.89. The maximum absolute atomic E-state index is 13.6. The molecule has 1 aliphatic heterocycles. The number of carbonyl (C=O) groups excluding carboxylic acids is 1. The summed E-state index contributed by atoms with van der Waals surface area (Å²) in [6, 6.07) is 6.94. The van der Waals surface area contributed by atoms with Crippen LogP contribution in [0.25, 0.3) is 11.3 Å². The molecular weight excluding hydrogens is 408 g/mol. The number of fused-ring (bicyclic) bond motifs is 3. The molecule has 2 aliphatic carbocycles. The molecule has 1 saturated carbocycles. The van der Waals surface area contributed by atoms with Crippen LogP contribution in [-0.2, 0) is 32.7 Å². The summed E-state index contributed by atoms with van der Waals surface area (Å²) in [6.07, 6.45) is 17.4. The molecule has 6 rings (SSSR count). The van der Waals surface area contributed by atoms with Crippen LogP contribution in [0.15, 0.2) is 36.8 Å². The Hall–Kier alpha value is -2.95. The van der Waals surface area contributed by atoms with E-state index in [1.54, 1.807) is 4.68 Å². The third-order valence-electron chi connectivity index (χ3n) is 7.94. The summed E-state index contributed by atoms with van der Waals surface area (Å²) in [5.41, 5.74) is 9.84. The third kappa shape index (κ3) is 3.77. The molecule has 0 spiro atoms. The van der Waals surface area contributed by atoms with Gasteiger partial charge in [0.25, 0.3) is 5.91 Å². The van der Waals surface area contributed by atoms with Gasteiger partial charge in [0.1, 0.15) is 0 Å². The quantitative estimate of drug-likeness (QED) is 0.580. The van der Waals surface area contributed by atoms with Crippen molar-refractivity contribution < 1.29 is 4.79 Å². The zero-order valence-corrected chi connectivity index (χ0v) is 19.5. The summed E-state index contributed by atoms with van der Waals surface area (Å²) >= 11 is 0. The van der Waals surface area contributed by atoms with Gasteiger partial charge in [0, 0.05) is 43.2 Å². The highest BCUT2D eigenvalue weighted by atomic mass is 16.2. The van der Waals surface area contributed by atoms with Crippen LogP contribution in [0.5, 0.6) is 0 Å². The monoisotopic (exact) mass is 440 g/mol. The molecule has 2 aromatic heterocycles.